The van der Waals surface area contributed by atoms with E-state index in [2.05, 4.69) is 13.8 Å². The van der Waals surface area contributed by atoms with Gasteiger partial charge in [-0.1, -0.05) is 13.3 Å². The van der Waals surface area contributed by atoms with Crippen LogP contribution in [0.4, 0.5) is 0 Å². The third kappa shape index (κ3) is 2.71. The van der Waals surface area contributed by atoms with Crippen LogP contribution in [-0.2, 0) is 4.74 Å². The van der Waals surface area contributed by atoms with E-state index in [-0.39, 0.29) is 0 Å². The molecule has 1 aliphatic heterocycles. The van der Waals surface area contributed by atoms with Gasteiger partial charge in [-0.05, 0) is 25.7 Å². The topological polar surface area (TPSA) is 9.23 Å². The summed E-state index contributed by atoms with van der Waals surface area (Å²) in [5, 5.41) is 0. The zero-order chi connectivity index (χ0) is 10.4. The van der Waals surface area contributed by atoms with Gasteiger partial charge in [-0.3, -0.25) is 4.48 Å². The molecule has 0 radical (unpaired) electrons. The van der Waals surface area contributed by atoms with Crippen molar-refractivity contribution in [1.29, 1.82) is 0 Å². The van der Waals surface area contributed by atoms with Crippen molar-refractivity contribution < 1.29 is 9.22 Å². The number of quaternary nitrogens is 1. The van der Waals surface area contributed by atoms with Crippen LogP contribution in [0.1, 0.15) is 46.0 Å². The second-order valence-electron chi connectivity index (χ2n) is 4.64. The highest BCUT2D eigenvalue weighted by Crippen LogP contribution is 2.24. The molecule has 1 saturated heterocycles. The zero-order valence-electron chi connectivity index (χ0n) is 10.1. The molecule has 0 saturated carbocycles. The maximum Gasteiger partial charge on any atom is 0.190 e. The van der Waals surface area contributed by atoms with E-state index in [9.17, 15) is 0 Å². The van der Waals surface area contributed by atoms with Gasteiger partial charge in [-0.2, -0.15) is 0 Å². The number of likely N-dealkylation sites (tertiary alicyclic amines) is 1. The minimum atomic E-state index is 0.391. The fourth-order valence-corrected chi connectivity index (χ4v) is 2.61. The number of piperidine rings is 1. The van der Waals surface area contributed by atoms with E-state index < -0.39 is 0 Å². The van der Waals surface area contributed by atoms with Gasteiger partial charge >= 0.3 is 0 Å². The van der Waals surface area contributed by atoms with Crippen LogP contribution in [0.5, 0.6) is 0 Å². The molecule has 14 heavy (non-hydrogen) atoms. The van der Waals surface area contributed by atoms with Crippen molar-refractivity contribution >= 4 is 0 Å². The van der Waals surface area contributed by atoms with Crippen molar-refractivity contribution in [2.45, 2.75) is 52.2 Å². The molecule has 0 aromatic carbocycles. The Morgan fingerprint density at radius 2 is 1.86 bits per heavy atom. The minimum absolute atomic E-state index is 0.391. The molecule has 84 valence electrons. The van der Waals surface area contributed by atoms with Gasteiger partial charge in [0.15, 0.2) is 6.23 Å². The zero-order valence-corrected chi connectivity index (χ0v) is 10.1. The third-order valence-electron chi connectivity index (χ3n) is 3.78. The molecule has 1 aliphatic rings. The highest BCUT2D eigenvalue weighted by Gasteiger charge is 2.34. The molecule has 0 amide bonds. The Morgan fingerprint density at radius 1 is 1.21 bits per heavy atom. The van der Waals surface area contributed by atoms with Crippen molar-refractivity contribution in [3.63, 3.8) is 0 Å². The highest BCUT2D eigenvalue weighted by atomic mass is 16.5. The molecule has 2 heteroatoms. The van der Waals surface area contributed by atoms with E-state index in [0.29, 0.717) is 6.23 Å². The fraction of sp³-hybridized carbons (Fsp3) is 1.00. The molecule has 0 aromatic rings. The standard InChI is InChI=1S/C12H26NO/c1-4-5-9-13(12(2)14-3)10-7-6-8-11-13/h12H,4-11H2,1-3H3/q+1. The summed E-state index contributed by atoms with van der Waals surface area (Å²) in [4.78, 5) is 0. The van der Waals surface area contributed by atoms with E-state index in [1.165, 1.54) is 56.2 Å². The van der Waals surface area contributed by atoms with Gasteiger partial charge < -0.3 is 4.74 Å². The summed E-state index contributed by atoms with van der Waals surface area (Å²) in [5.74, 6) is 0. The lowest BCUT2D eigenvalue weighted by Crippen LogP contribution is -2.58. The van der Waals surface area contributed by atoms with Crippen LogP contribution in [0.25, 0.3) is 0 Å². The molecule has 2 nitrogen and oxygen atoms in total. The molecule has 1 atom stereocenters. The number of hydrogen-bond donors (Lipinski definition) is 0. The molecule has 0 bridgehead atoms. The Labute approximate surface area is 88.8 Å². The van der Waals surface area contributed by atoms with Crippen molar-refractivity contribution in [2.75, 3.05) is 26.7 Å². The van der Waals surface area contributed by atoms with Gasteiger partial charge in [0.05, 0.1) is 19.6 Å². The van der Waals surface area contributed by atoms with E-state index in [1.54, 1.807) is 0 Å². The number of unbranched alkanes of at least 4 members (excludes halogenated alkanes) is 1. The summed E-state index contributed by atoms with van der Waals surface area (Å²) in [6.45, 7) is 8.48. The quantitative estimate of drug-likeness (QED) is 0.620. The van der Waals surface area contributed by atoms with Crippen LogP contribution < -0.4 is 0 Å². The molecule has 0 aromatic heterocycles. The van der Waals surface area contributed by atoms with E-state index in [4.69, 9.17) is 4.74 Å². The molecule has 1 heterocycles. The second kappa shape index (κ2) is 5.72. The average Bonchev–Trinajstić information content (AvgIpc) is 2.26. The number of methoxy groups -OCH3 is 1. The van der Waals surface area contributed by atoms with Gasteiger partial charge in [0.2, 0.25) is 0 Å². The lowest BCUT2D eigenvalue weighted by atomic mass is 10.1. The highest BCUT2D eigenvalue weighted by molar-refractivity contribution is 4.55. The third-order valence-corrected chi connectivity index (χ3v) is 3.78. The Hall–Kier alpha value is -0.0800. The summed E-state index contributed by atoms with van der Waals surface area (Å²) in [5.41, 5.74) is 0. The molecule has 0 N–H and O–H groups in total. The first-order valence-electron chi connectivity index (χ1n) is 6.14. The molecule has 1 fully saturated rings. The predicted molar refractivity (Wildman–Crippen MR) is 60.1 cm³/mol. The SMILES string of the molecule is CCCC[N+]1(C(C)OC)CCCCC1. The van der Waals surface area contributed by atoms with E-state index >= 15 is 0 Å². The van der Waals surface area contributed by atoms with Crippen LogP contribution in [0.15, 0.2) is 0 Å². The first kappa shape index (κ1) is 12.0. The number of ether oxygens (including phenoxy) is 1. The maximum atomic E-state index is 5.56. The van der Waals surface area contributed by atoms with Gasteiger partial charge in [0.25, 0.3) is 0 Å². The van der Waals surface area contributed by atoms with Crippen LogP contribution in [-0.4, -0.2) is 37.5 Å². The maximum absolute atomic E-state index is 5.56. The number of nitrogens with zero attached hydrogens (tertiary/aromatic N) is 1. The summed E-state index contributed by atoms with van der Waals surface area (Å²) < 4.78 is 6.77. The predicted octanol–water partition coefficient (Wildman–Crippen LogP) is 2.78. The fourth-order valence-electron chi connectivity index (χ4n) is 2.61. The first-order chi connectivity index (χ1) is 6.75. The first-order valence-corrected chi connectivity index (χ1v) is 6.14. The van der Waals surface area contributed by atoms with Gasteiger partial charge in [-0.15, -0.1) is 0 Å². The summed E-state index contributed by atoms with van der Waals surface area (Å²) in [7, 11) is 1.85. The van der Waals surface area contributed by atoms with E-state index in [1.807, 2.05) is 7.11 Å². The Bertz CT molecular complexity index is 152. The molecule has 0 spiro atoms. The molecule has 1 unspecified atom stereocenters. The van der Waals surface area contributed by atoms with Crippen LogP contribution in [0, 0.1) is 0 Å². The monoisotopic (exact) mass is 200 g/mol. The summed E-state index contributed by atoms with van der Waals surface area (Å²) in [6.07, 6.45) is 7.23. The van der Waals surface area contributed by atoms with Crippen molar-refractivity contribution in [2.24, 2.45) is 0 Å². The average molecular weight is 200 g/mol. The summed E-state index contributed by atoms with van der Waals surface area (Å²) >= 11 is 0. The second-order valence-corrected chi connectivity index (χ2v) is 4.64. The molecule has 0 aliphatic carbocycles. The van der Waals surface area contributed by atoms with Crippen LogP contribution in [0.3, 0.4) is 0 Å². The van der Waals surface area contributed by atoms with Crippen LogP contribution in [0.2, 0.25) is 0 Å². The Balaban J connectivity index is 2.56. The lowest BCUT2D eigenvalue weighted by Gasteiger charge is -2.45. The molecule has 1 rings (SSSR count). The van der Waals surface area contributed by atoms with Gasteiger partial charge in [0.1, 0.15) is 0 Å². The minimum Gasteiger partial charge on any atom is -0.333 e. The lowest BCUT2D eigenvalue weighted by molar-refractivity contribution is -0.973. The molecular weight excluding hydrogens is 174 g/mol. The number of hydrogen-bond acceptors (Lipinski definition) is 1. The van der Waals surface area contributed by atoms with Gasteiger partial charge in [-0.25, -0.2) is 0 Å². The Kier molecular flexibility index (Phi) is 4.90. The number of rotatable bonds is 5. The van der Waals surface area contributed by atoms with Crippen molar-refractivity contribution in [3.05, 3.63) is 0 Å². The Morgan fingerprint density at radius 3 is 2.36 bits per heavy atom. The largest absolute Gasteiger partial charge is 0.333 e. The van der Waals surface area contributed by atoms with Crippen LogP contribution >= 0.6 is 0 Å². The van der Waals surface area contributed by atoms with Gasteiger partial charge in [0, 0.05) is 14.0 Å². The van der Waals surface area contributed by atoms with Crippen molar-refractivity contribution in [1.82, 2.24) is 0 Å². The molecular formula is C12H26NO+. The van der Waals surface area contributed by atoms with Crippen molar-refractivity contribution in [3.8, 4) is 0 Å². The smallest absolute Gasteiger partial charge is 0.190 e. The normalized spacial score (nSPS) is 23.4. The van der Waals surface area contributed by atoms with E-state index in [0.717, 1.165) is 0 Å². The summed E-state index contributed by atoms with van der Waals surface area (Å²) in [6, 6.07) is 0.